The van der Waals surface area contributed by atoms with Crippen LogP contribution in [0.3, 0.4) is 0 Å². The van der Waals surface area contributed by atoms with E-state index in [1.807, 2.05) is 6.92 Å². The molecule has 0 saturated heterocycles. The Morgan fingerprint density at radius 2 is 1.57 bits per heavy atom. The lowest BCUT2D eigenvalue weighted by molar-refractivity contribution is -0.125. The van der Waals surface area contributed by atoms with Crippen LogP contribution in [-0.2, 0) is 26.0 Å². The maximum atomic E-state index is 13.5. The van der Waals surface area contributed by atoms with Crippen LogP contribution in [0.2, 0.25) is 0 Å². The summed E-state index contributed by atoms with van der Waals surface area (Å²) in [5, 5.41) is 4.88. The Labute approximate surface area is 163 Å². The van der Waals surface area contributed by atoms with Crippen molar-refractivity contribution in [3.8, 4) is 0 Å². The second kappa shape index (κ2) is 9.95. The fourth-order valence-corrected chi connectivity index (χ4v) is 3.29. The third-order valence-corrected chi connectivity index (χ3v) is 5.29. The first-order valence-corrected chi connectivity index (χ1v) is 10.1. The topological polar surface area (TPSA) is 104 Å². The van der Waals surface area contributed by atoms with Crippen LogP contribution >= 0.6 is 0 Å². The Kier molecular flexibility index (Phi) is 7.65. The lowest BCUT2D eigenvalue weighted by atomic mass is 10.1. The van der Waals surface area contributed by atoms with Crippen LogP contribution in [0, 0.1) is 12.7 Å². The number of benzene rings is 2. The molecule has 0 bridgehead atoms. The van der Waals surface area contributed by atoms with Crippen LogP contribution in [0.15, 0.2) is 53.4 Å². The summed E-state index contributed by atoms with van der Waals surface area (Å²) in [7, 11) is -3.81. The lowest BCUT2D eigenvalue weighted by Gasteiger charge is -2.09. The highest BCUT2D eigenvalue weighted by Crippen LogP contribution is 2.09. The minimum absolute atomic E-state index is 0.0526. The fourth-order valence-electron chi connectivity index (χ4n) is 2.30. The molecule has 0 aliphatic rings. The molecule has 2 amide bonds. The van der Waals surface area contributed by atoms with Crippen molar-refractivity contribution in [2.75, 3.05) is 19.6 Å². The molecule has 0 aromatic heterocycles. The summed E-state index contributed by atoms with van der Waals surface area (Å²) in [5.41, 5.74) is 1.40. The number of halogens is 1. The van der Waals surface area contributed by atoms with Crippen LogP contribution in [-0.4, -0.2) is 39.9 Å². The van der Waals surface area contributed by atoms with E-state index in [0.29, 0.717) is 12.0 Å². The van der Waals surface area contributed by atoms with Gasteiger partial charge in [-0.2, -0.15) is 0 Å². The van der Waals surface area contributed by atoms with E-state index in [0.717, 1.165) is 5.56 Å². The van der Waals surface area contributed by atoms with Gasteiger partial charge < -0.3 is 10.6 Å². The predicted molar refractivity (Wildman–Crippen MR) is 102 cm³/mol. The Balaban J connectivity index is 1.69. The standard InChI is InChI=1S/C19H22FN3O4S/c1-14-6-8-16(9-7-14)28(26,27)23-13-19(25)22-12-18(24)21-11-10-15-4-2-3-5-17(15)20/h2-9,23H,10-13H2,1H3,(H,21,24)(H,22,25). The van der Waals surface area contributed by atoms with E-state index < -0.39 is 28.4 Å². The molecule has 28 heavy (non-hydrogen) atoms. The van der Waals surface area contributed by atoms with Gasteiger partial charge in [-0.15, -0.1) is 0 Å². The van der Waals surface area contributed by atoms with Gasteiger partial charge in [-0.05, 0) is 37.1 Å². The van der Waals surface area contributed by atoms with Gasteiger partial charge in [0.25, 0.3) is 0 Å². The van der Waals surface area contributed by atoms with E-state index in [1.165, 1.54) is 18.2 Å². The van der Waals surface area contributed by atoms with E-state index in [1.54, 1.807) is 30.3 Å². The summed E-state index contributed by atoms with van der Waals surface area (Å²) in [6.45, 7) is 1.26. The fraction of sp³-hybridized carbons (Fsp3) is 0.263. The van der Waals surface area contributed by atoms with Gasteiger partial charge in [0.05, 0.1) is 18.0 Å². The lowest BCUT2D eigenvalue weighted by Crippen LogP contribution is -2.42. The van der Waals surface area contributed by atoms with Gasteiger partial charge >= 0.3 is 0 Å². The Morgan fingerprint density at radius 1 is 0.929 bits per heavy atom. The summed E-state index contributed by atoms with van der Waals surface area (Å²) < 4.78 is 39.8. The van der Waals surface area contributed by atoms with Crippen molar-refractivity contribution in [1.82, 2.24) is 15.4 Å². The maximum absolute atomic E-state index is 13.5. The van der Waals surface area contributed by atoms with Gasteiger partial charge in [0.1, 0.15) is 5.82 Å². The molecule has 2 aromatic carbocycles. The van der Waals surface area contributed by atoms with Gasteiger partial charge in [-0.25, -0.2) is 17.5 Å². The highest BCUT2D eigenvalue weighted by molar-refractivity contribution is 7.89. The quantitative estimate of drug-likeness (QED) is 0.574. The molecule has 150 valence electrons. The van der Waals surface area contributed by atoms with E-state index in [4.69, 9.17) is 0 Å². The van der Waals surface area contributed by atoms with Crippen molar-refractivity contribution in [3.63, 3.8) is 0 Å². The molecule has 2 rings (SSSR count). The monoisotopic (exact) mass is 407 g/mol. The van der Waals surface area contributed by atoms with Gasteiger partial charge in [0.2, 0.25) is 21.8 Å². The first-order chi connectivity index (χ1) is 13.3. The summed E-state index contributed by atoms with van der Waals surface area (Å²) in [4.78, 5) is 23.5. The van der Waals surface area contributed by atoms with Crippen molar-refractivity contribution in [2.45, 2.75) is 18.2 Å². The number of aryl methyl sites for hydroxylation is 1. The number of hydrogen-bond acceptors (Lipinski definition) is 4. The number of carbonyl (C=O) groups excluding carboxylic acids is 2. The normalized spacial score (nSPS) is 11.1. The molecule has 2 aromatic rings. The number of sulfonamides is 1. The first kappa shape index (κ1) is 21.5. The van der Waals surface area contributed by atoms with E-state index in [2.05, 4.69) is 15.4 Å². The van der Waals surface area contributed by atoms with Gasteiger partial charge in [0, 0.05) is 6.54 Å². The van der Waals surface area contributed by atoms with Crippen molar-refractivity contribution in [3.05, 3.63) is 65.5 Å². The van der Waals surface area contributed by atoms with Crippen molar-refractivity contribution in [2.24, 2.45) is 0 Å². The minimum Gasteiger partial charge on any atom is -0.354 e. The average Bonchev–Trinajstić information content (AvgIpc) is 2.66. The molecule has 0 saturated carbocycles. The molecule has 0 aliphatic heterocycles. The summed E-state index contributed by atoms with van der Waals surface area (Å²) in [6, 6.07) is 12.5. The zero-order valence-corrected chi connectivity index (χ0v) is 16.2. The summed E-state index contributed by atoms with van der Waals surface area (Å²) in [5.74, 6) is -1.43. The Bertz CT molecular complexity index is 930. The second-order valence-electron chi connectivity index (χ2n) is 6.11. The SMILES string of the molecule is Cc1ccc(S(=O)(=O)NCC(=O)NCC(=O)NCCc2ccccc2F)cc1. The molecular formula is C19H22FN3O4S. The van der Waals surface area contributed by atoms with E-state index in [-0.39, 0.29) is 23.8 Å². The van der Waals surface area contributed by atoms with Gasteiger partial charge in [-0.3, -0.25) is 9.59 Å². The molecule has 0 unspecified atom stereocenters. The summed E-state index contributed by atoms with van der Waals surface area (Å²) >= 11 is 0. The smallest absolute Gasteiger partial charge is 0.241 e. The summed E-state index contributed by atoms with van der Waals surface area (Å²) in [6.07, 6.45) is 0.322. The molecular weight excluding hydrogens is 385 g/mol. The number of nitrogens with one attached hydrogen (secondary N) is 3. The zero-order valence-electron chi connectivity index (χ0n) is 15.4. The maximum Gasteiger partial charge on any atom is 0.241 e. The molecule has 7 nitrogen and oxygen atoms in total. The van der Waals surface area contributed by atoms with Crippen molar-refractivity contribution in [1.29, 1.82) is 0 Å². The molecule has 9 heteroatoms. The molecule has 0 aliphatic carbocycles. The van der Waals surface area contributed by atoms with E-state index in [9.17, 15) is 22.4 Å². The van der Waals surface area contributed by atoms with Crippen LogP contribution in [0.5, 0.6) is 0 Å². The predicted octanol–water partition coefficient (Wildman–Crippen LogP) is 0.888. The molecule has 0 atom stereocenters. The van der Waals surface area contributed by atoms with Crippen molar-refractivity contribution < 1.29 is 22.4 Å². The first-order valence-electron chi connectivity index (χ1n) is 8.61. The molecule has 0 radical (unpaired) electrons. The molecule has 0 fully saturated rings. The Hall–Kier alpha value is -2.78. The highest BCUT2D eigenvalue weighted by Gasteiger charge is 2.15. The van der Waals surface area contributed by atoms with Gasteiger partial charge in [0.15, 0.2) is 0 Å². The largest absolute Gasteiger partial charge is 0.354 e. The number of amides is 2. The van der Waals surface area contributed by atoms with Crippen LogP contribution in [0.25, 0.3) is 0 Å². The molecule has 0 heterocycles. The van der Waals surface area contributed by atoms with E-state index >= 15 is 0 Å². The molecule has 0 spiro atoms. The number of rotatable bonds is 9. The van der Waals surface area contributed by atoms with Crippen LogP contribution in [0.4, 0.5) is 4.39 Å². The Morgan fingerprint density at radius 3 is 2.25 bits per heavy atom. The third kappa shape index (κ3) is 6.75. The number of carbonyl (C=O) groups is 2. The third-order valence-electron chi connectivity index (χ3n) is 3.87. The van der Waals surface area contributed by atoms with Crippen LogP contribution < -0.4 is 15.4 Å². The minimum atomic E-state index is -3.81. The second-order valence-corrected chi connectivity index (χ2v) is 7.87. The average molecular weight is 407 g/mol. The molecule has 3 N–H and O–H groups in total. The van der Waals surface area contributed by atoms with Crippen LogP contribution in [0.1, 0.15) is 11.1 Å². The highest BCUT2D eigenvalue weighted by atomic mass is 32.2. The van der Waals surface area contributed by atoms with Gasteiger partial charge in [-0.1, -0.05) is 35.9 Å². The van der Waals surface area contributed by atoms with Crippen molar-refractivity contribution >= 4 is 21.8 Å². The zero-order chi connectivity index (χ0) is 20.6. The number of hydrogen-bond donors (Lipinski definition) is 3.